The van der Waals surface area contributed by atoms with Gasteiger partial charge in [0, 0.05) is 0 Å². The lowest BCUT2D eigenvalue weighted by Crippen LogP contribution is -3.00. The maximum atomic E-state index is 2.38. The molecule has 0 atom stereocenters. The highest BCUT2D eigenvalue weighted by Gasteiger charge is 2.19. The predicted octanol–water partition coefficient (Wildman–Crippen LogP) is 0.510. The molecule has 0 bridgehead atoms. The summed E-state index contributed by atoms with van der Waals surface area (Å²) in [5.74, 6) is 0. The zero-order chi connectivity index (χ0) is 9.97. The summed E-state index contributed by atoms with van der Waals surface area (Å²) in [5.41, 5.74) is 1.36. The summed E-state index contributed by atoms with van der Waals surface area (Å²) < 4.78 is 3.76. The molecule has 0 aliphatic carbocycles. The van der Waals surface area contributed by atoms with E-state index in [4.69, 9.17) is 0 Å². The minimum absolute atomic E-state index is 0. The fraction of sp³-hybridized carbons (Fsp3) is 0.300. The van der Waals surface area contributed by atoms with Crippen LogP contribution in [0.15, 0.2) is 27.2 Å². The van der Waals surface area contributed by atoms with Crippen molar-refractivity contribution < 1.29 is 28.5 Å². The predicted molar refractivity (Wildman–Crippen MR) is 65.3 cm³/mol. The highest BCUT2D eigenvalue weighted by atomic mass is 127. The van der Waals surface area contributed by atoms with Crippen LogP contribution in [0.4, 0.5) is 0 Å². The molecule has 0 aromatic carbocycles. The first-order valence-corrected chi connectivity index (χ1v) is 7.44. The average molecular weight is 369 g/mol. The van der Waals surface area contributed by atoms with E-state index in [1.807, 2.05) is 23.1 Å². The third-order valence-electron chi connectivity index (χ3n) is 2.05. The first-order valence-electron chi connectivity index (χ1n) is 4.46. The summed E-state index contributed by atoms with van der Waals surface area (Å²) in [6, 6.07) is 4.29. The summed E-state index contributed by atoms with van der Waals surface area (Å²) in [6.45, 7) is 3.25. The molecule has 0 N–H and O–H groups in total. The van der Waals surface area contributed by atoms with Crippen LogP contribution in [0.3, 0.4) is 0 Å². The van der Waals surface area contributed by atoms with Crippen LogP contribution in [0, 0.1) is 0 Å². The summed E-state index contributed by atoms with van der Waals surface area (Å²) >= 11 is 5.46. The van der Waals surface area contributed by atoms with Gasteiger partial charge in [0.2, 0.25) is 5.69 Å². The Morgan fingerprint density at radius 3 is 2.73 bits per heavy atom. The Morgan fingerprint density at radius 1 is 1.40 bits per heavy atom. The molecule has 0 aliphatic heterocycles. The lowest BCUT2D eigenvalue weighted by molar-refractivity contribution is -0.712. The number of aromatic nitrogens is 1. The molecule has 0 unspecified atom stereocenters. The lowest BCUT2D eigenvalue weighted by atomic mass is 10.4. The SMILES string of the molecule is CC[n+]1c(-c2cccs2)csc1SC.[I-]. The maximum absolute atomic E-state index is 2.38. The Kier molecular flexibility index (Phi) is 5.59. The van der Waals surface area contributed by atoms with E-state index in [0.29, 0.717) is 0 Å². The first-order chi connectivity index (χ1) is 6.86. The second-order valence-corrected chi connectivity index (χ2v) is 5.67. The molecule has 0 aliphatic rings. The van der Waals surface area contributed by atoms with Gasteiger partial charge < -0.3 is 24.0 Å². The molecule has 1 nitrogen and oxygen atoms in total. The van der Waals surface area contributed by atoms with Crippen LogP contribution in [0.1, 0.15) is 6.92 Å². The first kappa shape index (κ1) is 13.5. The molecule has 0 fully saturated rings. The van der Waals surface area contributed by atoms with Gasteiger partial charge in [-0.2, -0.15) is 4.57 Å². The van der Waals surface area contributed by atoms with Crippen molar-refractivity contribution in [3.63, 3.8) is 0 Å². The molecule has 2 heterocycles. The molecule has 0 saturated heterocycles. The summed E-state index contributed by atoms with van der Waals surface area (Å²) in [4.78, 5) is 1.36. The van der Waals surface area contributed by atoms with Crippen molar-refractivity contribution in [2.45, 2.75) is 17.8 Å². The molecule has 82 valence electrons. The number of thiophene rings is 1. The van der Waals surface area contributed by atoms with Gasteiger partial charge in [0.25, 0.3) is 4.34 Å². The van der Waals surface area contributed by atoms with Crippen molar-refractivity contribution in [3.05, 3.63) is 22.9 Å². The molecule has 2 rings (SSSR count). The van der Waals surface area contributed by atoms with Crippen LogP contribution < -0.4 is 28.5 Å². The van der Waals surface area contributed by atoms with E-state index in [1.54, 1.807) is 11.3 Å². The molecule has 15 heavy (non-hydrogen) atoms. The molecule has 2 aromatic heterocycles. The highest BCUT2D eigenvalue weighted by Crippen LogP contribution is 2.27. The van der Waals surface area contributed by atoms with Crippen LogP contribution in [0.2, 0.25) is 0 Å². The third kappa shape index (κ3) is 2.75. The van der Waals surface area contributed by atoms with E-state index in [-0.39, 0.29) is 24.0 Å². The topological polar surface area (TPSA) is 3.88 Å². The zero-order valence-electron chi connectivity index (χ0n) is 8.57. The molecule has 0 radical (unpaired) electrons. The fourth-order valence-electron chi connectivity index (χ4n) is 1.40. The van der Waals surface area contributed by atoms with Gasteiger partial charge in [0.15, 0.2) is 0 Å². The number of hydrogen-bond acceptors (Lipinski definition) is 3. The molecule has 2 aromatic rings. The van der Waals surface area contributed by atoms with Gasteiger partial charge in [-0.1, -0.05) is 17.4 Å². The van der Waals surface area contributed by atoms with Crippen molar-refractivity contribution in [1.29, 1.82) is 0 Å². The Labute approximate surface area is 120 Å². The Morgan fingerprint density at radius 2 is 2.20 bits per heavy atom. The standard InChI is InChI=1S/C10H12NS3.HI/c1-3-11-8(7-14-10(11)12-2)9-5-4-6-13-9;/h4-7H,3H2,1-2H3;1H/q+1;/p-1. The van der Waals surface area contributed by atoms with Gasteiger partial charge in [0.1, 0.15) is 6.54 Å². The number of thioether (sulfide) groups is 1. The van der Waals surface area contributed by atoms with Crippen molar-refractivity contribution in [2.75, 3.05) is 6.26 Å². The Hall–Kier alpha value is 0.410. The average Bonchev–Trinajstić information content (AvgIpc) is 2.85. The van der Waals surface area contributed by atoms with E-state index in [0.717, 1.165) is 6.54 Å². The number of nitrogens with zero attached hydrogens (tertiary/aromatic N) is 1. The van der Waals surface area contributed by atoms with Crippen LogP contribution in [-0.4, -0.2) is 6.26 Å². The second kappa shape index (κ2) is 6.22. The smallest absolute Gasteiger partial charge is 0.297 e. The summed E-state index contributed by atoms with van der Waals surface area (Å²) in [5, 5.41) is 4.38. The molecular formula is C10H12INS3. The fourth-order valence-corrected chi connectivity index (χ4v) is 4.03. The van der Waals surface area contributed by atoms with Crippen molar-refractivity contribution in [2.24, 2.45) is 0 Å². The van der Waals surface area contributed by atoms with Crippen molar-refractivity contribution in [3.8, 4) is 10.6 Å². The van der Waals surface area contributed by atoms with E-state index < -0.39 is 0 Å². The molecule has 0 saturated carbocycles. The molecular weight excluding hydrogens is 357 g/mol. The molecule has 0 amide bonds. The van der Waals surface area contributed by atoms with Crippen LogP contribution in [0.25, 0.3) is 10.6 Å². The number of thiazole rings is 1. The Bertz CT molecular complexity index is 408. The number of hydrogen-bond donors (Lipinski definition) is 0. The molecule has 0 spiro atoms. The van der Waals surface area contributed by atoms with Gasteiger partial charge in [-0.15, -0.1) is 11.3 Å². The second-order valence-electron chi connectivity index (χ2n) is 2.81. The minimum Gasteiger partial charge on any atom is -1.00 e. The molecule has 5 heteroatoms. The third-order valence-corrected chi connectivity index (χ3v) is 5.06. The maximum Gasteiger partial charge on any atom is 0.297 e. The number of rotatable bonds is 3. The van der Waals surface area contributed by atoms with Gasteiger partial charge in [-0.05, 0) is 36.4 Å². The van der Waals surface area contributed by atoms with E-state index in [9.17, 15) is 0 Å². The van der Waals surface area contributed by atoms with Gasteiger partial charge >= 0.3 is 0 Å². The summed E-state index contributed by atoms with van der Waals surface area (Å²) in [6.07, 6.45) is 2.14. The monoisotopic (exact) mass is 369 g/mol. The highest BCUT2D eigenvalue weighted by molar-refractivity contribution is 8.00. The Balaban J connectivity index is 0.00000112. The van der Waals surface area contributed by atoms with Gasteiger partial charge in [0.05, 0.1) is 10.3 Å². The summed E-state index contributed by atoms with van der Waals surface area (Å²) in [7, 11) is 0. The normalized spacial score (nSPS) is 10.0. The van der Waals surface area contributed by atoms with Gasteiger partial charge in [-0.3, -0.25) is 0 Å². The van der Waals surface area contributed by atoms with Crippen molar-refractivity contribution >= 4 is 34.4 Å². The van der Waals surface area contributed by atoms with E-state index >= 15 is 0 Å². The minimum atomic E-state index is 0. The van der Waals surface area contributed by atoms with Gasteiger partial charge in [-0.25, -0.2) is 0 Å². The zero-order valence-corrected chi connectivity index (χ0v) is 13.2. The van der Waals surface area contributed by atoms with Crippen LogP contribution in [0.5, 0.6) is 0 Å². The van der Waals surface area contributed by atoms with E-state index in [2.05, 4.69) is 40.6 Å². The van der Waals surface area contributed by atoms with Crippen molar-refractivity contribution in [1.82, 2.24) is 0 Å². The number of halogens is 1. The van der Waals surface area contributed by atoms with Crippen LogP contribution >= 0.6 is 34.4 Å². The lowest BCUT2D eigenvalue weighted by Gasteiger charge is -1.94. The van der Waals surface area contributed by atoms with Crippen LogP contribution in [-0.2, 0) is 6.54 Å². The van der Waals surface area contributed by atoms with E-state index in [1.165, 1.54) is 14.9 Å². The largest absolute Gasteiger partial charge is 1.00 e. The quantitative estimate of drug-likeness (QED) is 0.433.